The van der Waals surface area contributed by atoms with Crippen molar-refractivity contribution in [2.24, 2.45) is 11.7 Å². The van der Waals surface area contributed by atoms with Crippen molar-refractivity contribution in [3.63, 3.8) is 0 Å². The Morgan fingerprint density at radius 2 is 1.88 bits per heavy atom. The second kappa shape index (κ2) is 2.60. The van der Waals surface area contributed by atoms with Crippen LogP contribution in [0.3, 0.4) is 0 Å². The molecule has 0 unspecified atom stereocenters. The second-order valence-electron chi connectivity index (χ2n) is 1.90. The quantitative estimate of drug-likeness (QED) is 0.583. The third kappa shape index (κ3) is 1.56. The summed E-state index contributed by atoms with van der Waals surface area (Å²) in [7, 11) is 0. The van der Waals surface area contributed by atoms with Gasteiger partial charge < -0.3 is 5.73 Å². The van der Waals surface area contributed by atoms with Crippen LogP contribution in [0.1, 0.15) is 6.42 Å². The van der Waals surface area contributed by atoms with Crippen molar-refractivity contribution in [1.82, 2.24) is 0 Å². The molecule has 0 aromatic carbocycles. The van der Waals surface area contributed by atoms with Crippen molar-refractivity contribution in [3.8, 4) is 0 Å². The summed E-state index contributed by atoms with van der Waals surface area (Å²) < 4.78 is 22.8. The topological polar surface area (TPSA) is 26.0 Å². The zero-order chi connectivity index (χ0) is 5.44. The van der Waals surface area contributed by atoms with E-state index in [1.807, 2.05) is 0 Å². The van der Waals surface area contributed by atoms with Crippen LogP contribution >= 0.6 is 12.4 Å². The molecule has 1 saturated carbocycles. The lowest BCUT2D eigenvalue weighted by Gasteiger charge is -1.88. The fourth-order valence-corrected chi connectivity index (χ4v) is 0.525. The molecule has 1 rings (SSSR count). The molecule has 0 aromatic heterocycles. The van der Waals surface area contributed by atoms with Crippen LogP contribution in [-0.4, -0.2) is 12.5 Å². The van der Waals surface area contributed by atoms with Gasteiger partial charge >= 0.3 is 0 Å². The van der Waals surface area contributed by atoms with Crippen molar-refractivity contribution < 1.29 is 8.78 Å². The first-order chi connectivity index (χ1) is 3.22. The van der Waals surface area contributed by atoms with Crippen molar-refractivity contribution in [2.75, 3.05) is 0 Å². The lowest BCUT2D eigenvalue weighted by molar-refractivity contribution is 0.121. The van der Waals surface area contributed by atoms with Crippen LogP contribution in [-0.2, 0) is 0 Å². The lowest BCUT2D eigenvalue weighted by atomic mass is 10.4. The van der Waals surface area contributed by atoms with E-state index in [2.05, 4.69) is 0 Å². The highest BCUT2D eigenvalue weighted by Gasteiger charge is 2.40. The Labute approximate surface area is 52.7 Å². The number of rotatable bonds is 1. The van der Waals surface area contributed by atoms with Gasteiger partial charge in [0.15, 0.2) is 0 Å². The summed E-state index contributed by atoms with van der Waals surface area (Å²) in [6.07, 6.45) is -1.67. The molecular formula is C4H8ClF2N. The molecule has 8 heavy (non-hydrogen) atoms. The summed E-state index contributed by atoms with van der Waals surface area (Å²) in [5.41, 5.74) is 5.09. The van der Waals surface area contributed by atoms with Gasteiger partial charge in [0.05, 0.1) is 0 Å². The molecule has 4 heteroatoms. The zero-order valence-electron chi connectivity index (χ0n) is 4.18. The van der Waals surface area contributed by atoms with Gasteiger partial charge in [0.25, 0.3) is 0 Å². The molecule has 0 aliphatic heterocycles. The predicted molar refractivity (Wildman–Crippen MR) is 29.3 cm³/mol. The maximum Gasteiger partial charge on any atom is 0.242 e. The molecule has 0 spiro atoms. The van der Waals surface area contributed by atoms with Gasteiger partial charge in [-0.05, 0) is 6.42 Å². The summed E-state index contributed by atoms with van der Waals surface area (Å²) in [5, 5.41) is 0. The number of halogens is 3. The molecule has 0 saturated heterocycles. The van der Waals surface area contributed by atoms with E-state index in [0.29, 0.717) is 6.42 Å². The Morgan fingerprint density at radius 3 is 1.88 bits per heavy atom. The van der Waals surface area contributed by atoms with E-state index in [1.54, 1.807) is 0 Å². The maximum absolute atomic E-state index is 11.4. The summed E-state index contributed by atoms with van der Waals surface area (Å²) in [4.78, 5) is 0. The Balaban J connectivity index is 0.000000490. The number of alkyl halides is 2. The molecule has 1 aliphatic carbocycles. The summed E-state index contributed by atoms with van der Waals surface area (Å²) in [6, 6.07) is -0.208. The third-order valence-corrected chi connectivity index (χ3v) is 1.21. The van der Waals surface area contributed by atoms with E-state index in [1.165, 1.54) is 0 Å². The van der Waals surface area contributed by atoms with E-state index in [-0.39, 0.29) is 18.4 Å². The zero-order valence-corrected chi connectivity index (χ0v) is 5.00. The fourth-order valence-electron chi connectivity index (χ4n) is 0.525. The van der Waals surface area contributed by atoms with E-state index >= 15 is 0 Å². The first-order valence-corrected chi connectivity index (χ1v) is 2.25. The van der Waals surface area contributed by atoms with Gasteiger partial charge in [-0.2, -0.15) is 0 Å². The average molecular weight is 144 g/mol. The van der Waals surface area contributed by atoms with Crippen molar-refractivity contribution >= 4 is 12.4 Å². The van der Waals surface area contributed by atoms with Gasteiger partial charge in [0.1, 0.15) is 0 Å². The molecule has 50 valence electrons. The minimum atomic E-state index is -2.19. The van der Waals surface area contributed by atoms with Crippen LogP contribution < -0.4 is 5.73 Å². The first kappa shape index (κ1) is 8.11. The molecule has 0 radical (unpaired) electrons. The summed E-state index contributed by atoms with van der Waals surface area (Å²) >= 11 is 0. The highest BCUT2D eigenvalue weighted by atomic mass is 35.5. The SMILES string of the molecule is Cl.N[C@H]1C[C@H]1C(F)F. The van der Waals surface area contributed by atoms with Gasteiger partial charge in [-0.3, -0.25) is 0 Å². The molecule has 1 nitrogen and oxygen atoms in total. The van der Waals surface area contributed by atoms with Crippen LogP contribution in [0.4, 0.5) is 8.78 Å². The Bertz CT molecular complexity index is 78.4. The van der Waals surface area contributed by atoms with Crippen molar-refractivity contribution in [3.05, 3.63) is 0 Å². The van der Waals surface area contributed by atoms with Crippen LogP contribution in [0, 0.1) is 5.92 Å². The van der Waals surface area contributed by atoms with Gasteiger partial charge in [-0.15, -0.1) is 12.4 Å². The smallest absolute Gasteiger partial charge is 0.242 e. The van der Waals surface area contributed by atoms with E-state index < -0.39 is 12.3 Å². The van der Waals surface area contributed by atoms with E-state index in [0.717, 1.165) is 0 Å². The molecule has 0 amide bonds. The molecule has 1 fully saturated rings. The number of hydrogen-bond acceptors (Lipinski definition) is 1. The van der Waals surface area contributed by atoms with E-state index in [4.69, 9.17) is 5.73 Å². The molecule has 2 N–H and O–H groups in total. The summed E-state index contributed by atoms with van der Waals surface area (Å²) in [5.74, 6) is -0.486. The molecule has 1 aliphatic rings. The van der Waals surface area contributed by atoms with Gasteiger partial charge in [-0.1, -0.05) is 0 Å². The van der Waals surface area contributed by atoms with Crippen LogP contribution in [0.15, 0.2) is 0 Å². The Morgan fingerprint density at radius 1 is 1.50 bits per heavy atom. The Kier molecular flexibility index (Phi) is 2.63. The third-order valence-electron chi connectivity index (χ3n) is 1.21. The highest BCUT2D eigenvalue weighted by Crippen LogP contribution is 2.33. The molecule has 0 bridgehead atoms. The average Bonchev–Trinajstić information content (AvgIpc) is 2.17. The normalized spacial score (nSPS) is 34.5. The van der Waals surface area contributed by atoms with Gasteiger partial charge in [-0.25, -0.2) is 8.78 Å². The van der Waals surface area contributed by atoms with Crippen LogP contribution in [0.2, 0.25) is 0 Å². The highest BCUT2D eigenvalue weighted by molar-refractivity contribution is 5.85. The molecular weight excluding hydrogens is 136 g/mol. The van der Waals surface area contributed by atoms with Crippen molar-refractivity contribution in [1.29, 1.82) is 0 Å². The monoisotopic (exact) mass is 143 g/mol. The van der Waals surface area contributed by atoms with Crippen molar-refractivity contribution in [2.45, 2.75) is 18.9 Å². The van der Waals surface area contributed by atoms with E-state index in [9.17, 15) is 8.78 Å². The number of nitrogens with two attached hydrogens (primary N) is 1. The standard InChI is InChI=1S/C4H7F2N.ClH/c5-4(6)2-1-3(2)7;/h2-4H,1,7H2;1H/t2-,3+;/m1./s1. The van der Waals surface area contributed by atoms with Gasteiger partial charge in [0.2, 0.25) is 6.43 Å². The second-order valence-corrected chi connectivity index (χ2v) is 1.90. The molecule has 0 heterocycles. The molecule has 0 aromatic rings. The minimum absolute atomic E-state index is 0. The predicted octanol–water partition coefficient (Wildman–Crippen LogP) is 1.02. The summed E-state index contributed by atoms with van der Waals surface area (Å²) in [6.45, 7) is 0. The van der Waals surface area contributed by atoms with Crippen LogP contribution in [0.5, 0.6) is 0 Å². The maximum atomic E-state index is 11.4. The minimum Gasteiger partial charge on any atom is -0.327 e. The first-order valence-electron chi connectivity index (χ1n) is 2.25. The lowest BCUT2D eigenvalue weighted by Crippen LogP contribution is -2.06. The fraction of sp³-hybridized carbons (Fsp3) is 1.00. The Hall–Kier alpha value is 0.110. The largest absolute Gasteiger partial charge is 0.327 e. The number of hydrogen-bond donors (Lipinski definition) is 1. The molecule has 2 atom stereocenters. The van der Waals surface area contributed by atoms with Gasteiger partial charge in [0, 0.05) is 12.0 Å². The van der Waals surface area contributed by atoms with Crippen LogP contribution in [0.25, 0.3) is 0 Å².